The van der Waals surface area contributed by atoms with Crippen molar-refractivity contribution in [3.8, 4) is 0 Å². The zero-order valence-corrected chi connectivity index (χ0v) is 17.4. The van der Waals surface area contributed by atoms with Gasteiger partial charge in [-0.05, 0) is 25.0 Å². The highest BCUT2D eigenvalue weighted by molar-refractivity contribution is 7.90. The molecule has 7 heteroatoms. The minimum atomic E-state index is -3.83. The van der Waals surface area contributed by atoms with Crippen LogP contribution in [0.25, 0.3) is 0 Å². The summed E-state index contributed by atoms with van der Waals surface area (Å²) in [4.78, 5) is 16.8. The molecule has 0 aliphatic rings. The summed E-state index contributed by atoms with van der Waals surface area (Å²) >= 11 is 0. The Bertz CT molecular complexity index is 673. The molecule has 0 atom stereocenters. The van der Waals surface area contributed by atoms with Crippen molar-refractivity contribution in [2.45, 2.75) is 70.1 Å². The van der Waals surface area contributed by atoms with Crippen LogP contribution in [0.3, 0.4) is 0 Å². The normalized spacial score (nSPS) is 12.0. The number of rotatable bonds is 12. The molecular formula is C20H33N3O3S. The van der Waals surface area contributed by atoms with Crippen molar-refractivity contribution in [3.63, 3.8) is 0 Å². The Morgan fingerprint density at radius 1 is 0.926 bits per heavy atom. The van der Waals surface area contributed by atoms with E-state index in [9.17, 15) is 13.2 Å². The number of hydrogen-bond donors (Lipinski definition) is 2. The monoisotopic (exact) mass is 395 g/mol. The van der Waals surface area contributed by atoms with Gasteiger partial charge >= 0.3 is 0 Å². The number of nitrogens with one attached hydrogen (secondary N) is 2. The fourth-order valence-electron chi connectivity index (χ4n) is 2.50. The maximum absolute atomic E-state index is 12.5. The molecule has 6 nitrogen and oxygen atoms in total. The van der Waals surface area contributed by atoms with Crippen LogP contribution in [0.5, 0.6) is 0 Å². The Labute approximate surface area is 163 Å². The Kier molecular flexibility index (Phi) is 11.4. The van der Waals surface area contributed by atoms with Gasteiger partial charge in [0.15, 0.2) is 0 Å². The summed E-state index contributed by atoms with van der Waals surface area (Å²) in [5.74, 6) is -0.604. The van der Waals surface area contributed by atoms with Gasteiger partial charge in [0.25, 0.3) is 15.9 Å². The van der Waals surface area contributed by atoms with Crippen LogP contribution in [-0.4, -0.2) is 33.3 Å². The summed E-state index contributed by atoms with van der Waals surface area (Å²) < 4.78 is 27.4. The third kappa shape index (κ3) is 9.56. The molecule has 0 heterocycles. The Morgan fingerprint density at radius 3 is 2.19 bits per heavy atom. The van der Waals surface area contributed by atoms with E-state index in [1.54, 1.807) is 18.2 Å². The zero-order valence-electron chi connectivity index (χ0n) is 16.5. The molecule has 2 N–H and O–H groups in total. The van der Waals surface area contributed by atoms with Crippen molar-refractivity contribution in [3.05, 3.63) is 30.3 Å². The third-order valence-electron chi connectivity index (χ3n) is 4.10. The molecule has 152 valence electrons. The molecule has 0 aliphatic carbocycles. The summed E-state index contributed by atoms with van der Waals surface area (Å²) in [6.45, 7) is 5.19. The molecule has 1 amide bonds. The van der Waals surface area contributed by atoms with E-state index in [2.05, 4.69) is 28.9 Å². The van der Waals surface area contributed by atoms with Gasteiger partial charge in [-0.25, -0.2) is 8.42 Å². The summed E-state index contributed by atoms with van der Waals surface area (Å²) in [5.41, 5.74) is 0. The van der Waals surface area contributed by atoms with E-state index in [-0.39, 0.29) is 10.7 Å². The van der Waals surface area contributed by atoms with Crippen LogP contribution in [0, 0.1) is 0 Å². The minimum Gasteiger partial charge on any atom is -0.349 e. The van der Waals surface area contributed by atoms with Gasteiger partial charge in [0, 0.05) is 13.1 Å². The highest BCUT2D eigenvalue weighted by atomic mass is 32.2. The largest absolute Gasteiger partial charge is 0.349 e. The number of carbonyl (C=O) groups is 1. The number of benzene rings is 1. The smallest absolute Gasteiger partial charge is 0.287 e. The van der Waals surface area contributed by atoms with Gasteiger partial charge in [0.2, 0.25) is 5.84 Å². The lowest BCUT2D eigenvalue weighted by Crippen LogP contribution is -2.43. The van der Waals surface area contributed by atoms with Crippen LogP contribution >= 0.6 is 0 Å². The minimum absolute atomic E-state index is 0.111. The lowest BCUT2D eigenvalue weighted by atomic mass is 10.2. The predicted octanol–water partition coefficient (Wildman–Crippen LogP) is 3.64. The van der Waals surface area contributed by atoms with Crippen LogP contribution in [0.2, 0.25) is 0 Å². The van der Waals surface area contributed by atoms with E-state index in [0.717, 1.165) is 51.4 Å². The van der Waals surface area contributed by atoms with Gasteiger partial charge in [-0.1, -0.05) is 70.6 Å². The quantitative estimate of drug-likeness (QED) is 0.322. The van der Waals surface area contributed by atoms with Crippen molar-refractivity contribution in [2.24, 2.45) is 4.99 Å². The fourth-order valence-corrected chi connectivity index (χ4v) is 3.55. The first-order valence-corrected chi connectivity index (χ1v) is 11.4. The van der Waals surface area contributed by atoms with E-state index in [4.69, 9.17) is 0 Å². The first-order valence-electron chi connectivity index (χ1n) is 9.91. The number of hydrogen-bond acceptors (Lipinski definition) is 4. The standard InChI is InChI=1S/C20H33N3O3S/c1-3-5-7-12-16-21-19(20(24)22-17-13-8-6-4-2)23-27(25,26)18-14-10-9-11-15-18/h9-11,14-15H,3-8,12-13,16-17H2,1-2H3,(H,21,23)(H,22,24). The van der Waals surface area contributed by atoms with Gasteiger partial charge in [-0.15, -0.1) is 0 Å². The lowest BCUT2D eigenvalue weighted by molar-refractivity contribution is -0.115. The average Bonchev–Trinajstić information content (AvgIpc) is 2.67. The number of nitrogens with zero attached hydrogens (tertiary/aromatic N) is 1. The Morgan fingerprint density at radius 2 is 1.56 bits per heavy atom. The van der Waals surface area contributed by atoms with Crippen molar-refractivity contribution >= 4 is 21.8 Å². The molecule has 0 saturated heterocycles. The van der Waals surface area contributed by atoms with E-state index < -0.39 is 15.9 Å². The lowest BCUT2D eigenvalue weighted by Gasteiger charge is -2.11. The van der Waals surface area contributed by atoms with Crippen LogP contribution < -0.4 is 10.0 Å². The molecule has 0 saturated carbocycles. The predicted molar refractivity (Wildman–Crippen MR) is 110 cm³/mol. The van der Waals surface area contributed by atoms with E-state index in [1.807, 2.05) is 0 Å². The Hall–Kier alpha value is -1.89. The van der Waals surface area contributed by atoms with E-state index >= 15 is 0 Å². The summed E-state index contributed by atoms with van der Waals surface area (Å²) in [7, 11) is -3.83. The number of amidine groups is 1. The summed E-state index contributed by atoms with van der Waals surface area (Å²) in [6.07, 6.45) is 8.19. The molecule has 27 heavy (non-hydrogen) atoms. The second-order valence-electron chi connectivity index (χ2n) is 6.53. The molecule has 0 bridgehead atoms. The van der Waals surface area contributed by atoms with Gasteiger partial charge < -0.3 is 5.32 Å². The van der Waals surface area contributed by atoms with Crippen molar-refractivity contribution in [1.29, 1.82) is 0 Å². The van der Waals surface area contributed by atoms with Gasteiger partial charge in [0.05, 0.1) is 4.90 Å². The molecule has 0 fully saturated rings. The number of sulfonamides is 1. The molecule has 1 rings (SSSR count). The zero-order chi connectivity index (χ0) is 20.0. The van der Waals surface area contributed by atoms with E-state index in [1.165, 1.54) is 12.1 Å². The van der Waals surface area contributed by atoms with Crippen LogP contribution in [0.1, 0.15) is 65.2 Å². The number of aliphatic imine (C=N–C) groups is 1. The molecular weight excluding hydrogens is 362 g/mol. The SMILES string of the molecule is CCCCCCN=C(NS(=O)(=O)c1ccccc1)C(=O)NCCCCCC. The maximum Gasteiger partial charge on any atom is 0.287 e. The molecule has 0 aromatic heterocycles. The average molecular weight is 396 g/mol. The number of unbranched alkanes of at least 4 members (excludes halogenated alkanes) is 6. The number of amides is 1. The molecule has 0 spiro atoms. The molecule has 0 unspecified atom stereocenters. The second-order valence-corrected chi connectivity index (χ2v) is 8.21. The van der Waals surface area contributed by atoms with Crippen molar-refractivity contribution in [2.75, 3.05) is 13.1 Å². The van der Waals surface area contributed by atoms with Gasteiger partial charge in [0.1, 0.15) is 0 Å². The van der Waals surface area contributed by atoms with Crippen molar-refractivity contribution in [1.82, 2.24) is 10.0 Å². The molecule has 1 aromatic rings. The highest BCUT2D eigenvalue weighted by Gasteiger charge is 2.20. The van der Waals surface area contributed by atoms with Crippen LogP contribution in [0.15, 0.2) is 40.2 Å². The maximum atomic E-state index is 12.5. The first-order chi connectivity index (χ1) is 13.0. The fraction of sp³-hybridized carbons (Fsp3) is 0.600. The topological polar surface area (TPSA) is 87.6 Å². The Balaban J connectivity index is 2.75. The van der Waals surface area contributed by atoms with Crippen LogP contribution in [-0.2, 0) is 14.8 Å². The highest BCUT2D eigenvalue weighted by Crippen LogP contribution is 2.07. The third-order valence-corrected chi connectivity index (χ3v) is 5.45. The summed E-state index contributed by atoms with van der Waals surface area (Å²) in [6, 6.07) is 8.01. The molecule has 0 radical (unpaired) electrons. The summed E-state index contributed by atoms with van der Waals surface area (Å²) in [5, 5.41) is 2.77. The number of carbonyl (C=O) groups excluding carboxylic acids is 1. The van der Waals surface area contributed by atoms with Crippen molar-refractivity contribution < 1.29 is 13.2 Å². The molecule has 1 aromatic carbocycles. The molecule has 0 aliphatic heterocycles. The van der Waals surface area contributed by atoms with Gasteiger partial charge in [-0.2, -0.15) is 0 Å². The van der Waals surface area contributed by atoms with Crippen LogP contribution in [0.4, 0.5) is 0 Å². The van der Waals surface area contributed by atoms with E-state index in [0.29, 0.717) is 13.1 Å². The second kappa shape index (κ2) is 13.3. The van der Waals surface area contributed by atoms with Gasteiger partial charge in [-0.3, -0.25) is 14.5 Å². The first kappa shape index (κ1) is 23.1.